The summed E-state index contributed by atoms with van der Waals surface area (Å²) in [5.41, 5.74) is 0.954. The standard InChI is InChI=1S/C20H24N2O3/c1-20(2,19(23)24)18(15-6-4-3-5-7-15)16-8-9-17(21-14-16)22-10-12-25-13-11-22/h3-9,14,18H,10-13H2,1-2H3,(H,23,24). The number of pyridine rings is 1. The van der Waals surface area contributed by atoms with Crippen LogP contribution in [0, 0.1) is 5.41 Å². The molecule has 0 saturated carbocycles. The van der Waals surface area contributed by atoms with Gasteiger partial charge in [-0.2, -0.15) is 0 Å². The Morgan fingerprint density at radius 3 is 2.36 bits per heavy atom. The van der Waals surface area contributed by atoms with Gasteiger partial charge in [-0.1, -0.05) is 36.4 Å². The quantitative estimate of drug-likeness (QED) is 0.906. The summed E-state index contributed by atoms with van der Waals surface area (Å²) < 4.78 is 5.38. The molecule has 0 bridgehead atoms. The van der Waals surface area contributed by atoms with Crippen molar-refractivity contribution in [2.75, 3.05) is 31.2 Å². The van der Waals surface area contributed by atoms with Crippen LogP contribution in [0.4, 0.5) is 5.82 Å². The second-order valence-corrected chi connectivity index (χ2v) is 6.92. The fraction of sp³-hybridized carbons (Fsp3) is 0.400. The third-order valence-corrected chi connectivity index (χ3v) is 4.84. The molecule has 132 valence electrons. The maximum atomic E-state index is 11.9. The van der Waals surface area contributed by atoms with Crippen LogP contribution in [0.5, 0.6) is 0 Å². The fourth-order valence-electron chi connectivity index (χ4n) is 3.34. The molecule has 0 radical (unpaired) electrons. The first kappa shape index (κ1) is 17.4. The van der Waals surface area contributed by atoms with Crippen LogP contribution in [0.3, 0.4) is 0 Å². The summed E-state index contributed by atoms with van der Waals surface area (Å²) in [5.74, 6) is -0.178. The summed E-state index contributed by atoms with van der Waals surface area (Å²) in [7, 11) is 0. The van der Waals surface area contributed by atoms with Gasteiger partial charge in [0, 0.05) is 25.2 Å². The van der Waals surface area contributed by atoms with Crippen LogP contribution < -0.4 is 4.90 Å². The average Bonchev–Trinajstić information content (AvgIpc) is 2.64. The second-order valence-electron chi connectivity index (χ2n) is 6.92. The number of morpholine rings is 1. The molecular formula is C20H24N2O3. The highest BCUT2D eigenvalue weighted by atomic mass is 16.5. The molecule has 1 unspecified atom stereocenters. The third kappa shape index (κ3) is 3.66. The first-order valence-electron chi connectivity index (χ1n) is 8.57. The van der Waals surface area contributed by atoms with Crippen molar-refractivity contribution in [1.82, 2.24) is 4.98 Å². The second kappa shape index (κ2) is 7.23. The molecule has 3 rings (SSSR count). The Labute approximate surface area is 148 Å². The largest absolute Gasteiger partial charge is 0.481 e. The fourth-order valence-corrected chi connectivity index (χ4v) is 3.34. The minimum Gasteiger partial charge on any atom is -0.481 e. The third-order valence-electron chi connectivity index (χ3n) is 4.84. The number of hydrogen-bond acceptors (Lipinski definition) is 4. The van der Waals surface area contributed by atoms with E-state index in [1.54, 1.807) is 13.8 Å². The van der Waals surface area contributed by atoms with Gasteiger partial charge < -0.3 is 14.7 Å². The van der Waals surface area contributed by atoms with E-state index in [-0.39, 0.29) is 5.92 Å². The van der Waals surface area contributed by atoms with E-state index in [1.807, 2.05) is 48.7 Å². The topological polar surface area (TPSA) is 62.7 Å². The lowest BCUT2D eigenvalue weighted by molar-refractivity contribution is -0.147. The van der Waals surface area contributed by atoms with Gasteiger partial charge in [0.15, 0.2) is 0 Å². The van der Waals surface area contributed by atoms with Gasteiger partial charge in [0.05, 0.1) is 18.6 Å². The molecule has 5 nitrogen and oxygen atoms in total. The number of hydrogen-bond donors (Lipinski definition) is 1. The smallest absolute Gasteiger partial charge is 0.310 e. The van der Waals surface area contributed by atoms with Crippen molar-refractivity contribution in [2.24, 2.45) is 5.41 Å². The highest BCUT2D eigenvalue weighted by Gasteiger charge is 2.39. The molecule has 1 aromatic heterocycles. The molecule has 2 aromatic rings. The normalized spacial score (nSPS) is 16.5. The lowest BCUT2D eigenvalue weighted by atomic mass is 9.71. The zero-order valence-electron chi connectivity index (χ0n) is 14.7. The number of carbonyl (C=O) groups is 1. The first-order valence-corrected chi connectivity index (χ1v) is 8.57. The average molecular weight is 340 g/mol. The maximum Gasteiger partial charge on any atom is 0.310 e. The predicted molar refractivity (Wildman–Crippen MR) is 97.0 cm³/mol. The summed E-state index contributed by atoms with van der Waals surface area (Å²) in [5, 5.41) is 9.75. The molecule has 2 heterocycles. The number of rotatable bonds is 5. The number of aromatic nitrogens is 1. The monoisotopic (exact) mass is 340 g/mol. The van der Waals surface area contributed by atoms with E-state index in [2.05, 4.69) is 9.88 Å². The molecule has 0 aliphatic carbocycles. The molecule has 1 N–H and O–H groups in total. The zero-order chi connectivity index (χ0) is 17.9. The van der Waals surface area contributed by atoms with Crippen LogP contribution in [0.2, 0.25) is 0 Å². The summed E-state index contributed by atoms with van der Waals surface area (Å²) in [6, 6.07) is 13.8. The van der Waals surface area contributed by atoms with Gasteiger partial charge in [0.1, 0.15) is 5.82 Å². The molecule has 5 heteroatoms. The summed E-state index contributed by atoms with van der Waals surface area (Å²) in [6.45, 7) is 6.61. The van der Waals surface area contributed by atoms with Crippen molar-refractivity contribution in [2.45, 2.75) is 19.8 Å². The van der Waals surface area contributed by atoms with Gasteiger partial charge in [-0.25, -0.2) is 4.98 Å². The SMILES string of the molecule is CC(C)(C(=O)O)C(c1ccccc1)c1ccc(N2CCOCC2)nc1. The number of anilines is 1. The summed E-state index contributed by atoms with van der Waals surface area (Å²) in [6.07, 6.45) is 1.81. The molecule has 1 aliphatic heterocycles. The first-order chi connectivity index (χ1) is 12.0. The Morgan fingerprint density at radius 2 is 1.80 bits per heavy atom. The van der Waals surface area contributed by atoms with E-state index < -0.39 is 11.4 Å². The van der Waals surface area contributed by atoms with Crippen LogP contribution in [0.25, 0.3) is 0 Å². The van der Waals surface area contributed by atoms with Crippen molar-refractivity contribution in [1.29, 1.82) is 0 Å². The van der Waals surface area contributed by atoms with Gasteiger partial charge in [-0.15, -0.1) is 0 Å². The lowest BCUT2D eigenvalue weighted by Gasteiger charge is -2.32. The molecule has 1 fully saturated rings. The number of carboxylic acid groups (broad SMARTS) is 1. The van der Waals surface area contributed by atoms with Crippen molar-refractivity contribution < 1.29 is 14.6 Å². The Bertz CT molecular complexity index is 707. The van der Waals surface area contributed by atoms with E-state index in [0.29, 0.717) is 13.2 Å². The van der Waals surface area contributed by atoms with Crippen molar-refractivity contribution in [3.8, 4) is 0 Å². The van der Waals surface area contributed by atoms with Crippen molar-refractivity contribution >= 4 is 11.8 Å². The van der Waals surface area contributed by atoms with E-state index in [1.165, 1.54) is 0 Å². The molecular weight excluding hydrogens is 316 g/mol. The van der Waals surface area contributed by atoms with Crippen LogP contribution in [0.1, 0.15) is 30.9 Å². The van der Waals surface area contributed by atoms with Gasteiger partial charge in [0.25, 0.3) is 0 Å². The van der Waals surface area contributed by atoms with Crippen LogP contribution in [-0.2, 0) is 9.53 Å². The number of benzene rings is 1. The summed E-state index contributed by atoms with van der Waals surface area (Å²) >= 11 is 0. The molecule has 0 amide bonds. The highest BCUT2D eigenvalue weighted by molar-refractivity contribution is 5.76. The molecule has 1 atom stereocenters. The van der Waals surface area contributed by atoms with Crippen LogP contribution in [-0.4, -0.2) is 42.4 Å². The van der Waals surface area contributed by atoms with Gasteiger partial charge in [-0.3, -0.25) is 4.79 Å². The maximum absolute atomic E-state index is 11.9. The molecule has 25 heavy (non-hydrogen) atoms. The molecule has 1 aliphatic rings. The number of nitrogens with zero attached hydrogens (tertiary/aromatic N) is 2. The lowest BCUT2D eigenvalue weighted by Crippen LogP contribution is -2.37. The number of aliphatic carboxylic acids is 1. The van der Waals surface area contributed by atoms with Crippen LogP contribution >= 0.6 is 0 Å². The van der Waals surface area contributed by atoms with E-state index >= 15 is 0 Å². The van der Waals surface area contributed by atoms with Crippen molar-refractivity contribution in [3.05, 3.63) is 59.8 Å². The molecule has 1 saturated heterocycles. The zero-order valence-corrected chi connectivity index (χ0v) is 14.7. The Balaban J connectivity index is 1.95. The van der Waals surface area contributed by atoms with E-state index in [4.69, 9.17) is 4.74 Å². The number of carboxylic acids is 1. The van der Waals surface area contributed by atoms with Gasteiger partial charge in [-0.05, 0) is 31.0 Å². The number of ether oxygens (including phenoxy) is 1. The summed E-state index contributed by atoms with van der Waals surface area (Å²) in [4.78, 5) is 18.7. The van der Waals surface area contributed by atoms with E-state index in [0.717, 1.165) is 30.0 Å². The Hall–Kier alpha value is -2.40. The predicted octanol–water partition coefficient (Wildman–Crippen LogP) is 3.16. The minimum absolute atomic E-state index is 0.266. The van der Waals surface area contributed by atoms with Crippen molar-refractivity contribution in [3.63, 3.8) is 0 Å². The Morgan fingerprint density at radius 1 is 1.12 bits per heavy atom. The highest BCUT2D eigenvalue weighted by Crippen LogP contribution is 2.41. The van der Waals surface area contributed by atoms with E-state index in [9.17, 15) is 9.90 Å². The molecule has 1 aromatic carbocycles. The van der Waals surface area contributed by atoms with Gasteiger partial charge in [0.2, 0.25) is 0 Å². The van der Waals surface area contributed by atoms with Gasteiger partial charge >= 0.3 is 5.97 Å². The Kier molecular flexibility index (Phi) is 5.04. The van der Waals surface area contributed by atoms with Crippen LogP contribution in [0.15, 0.2) is 48.7 Å². The minimum atomic E-state index is -0.941. The molecule has 0 spiro atoms.